The number of ether oxygens (including phenoxy) is 2. The molecule has 2 N–H and O–H groups in total. The number of phenolic OH excluding ortho intramolecular Hbond substituents is 1. The smallest absolute Gasteiger partial charge is 0.194 e. The summed E-state index contributed by atoms with van der Waals surface area (Å²) in [5.74, 6) is 2.44. The highest BCUT2D eigenvalue weighted by Crippen LogP contribution is 2.26. The van der Waals surface area contributed by atoms with Gasteiger partial charge in [-0.2, -0.15) is 0 Å². The Labute approximate surface area is 166 Å². The third-order valence-corrected chi connectivity index (χ3v) is 4.78. The van der Waals surface area contributed by atoms with Crippen molar-refractivity contribution in [3.63, 3.8) is 0 Å². The van der Waals surface area contributed by atoms with Crippen molar-refractivity contribution in [1.82, 2.24) is 10.2 Å². The van der Waals surface area contributed by atoms with E-state index in [1.165, 1.54) is 0 Å². The largest absolute Gasteiger partial charge is 0.504 e. The summed E-state index contributed by atoms with van der Waals surface area (Å²) < 4.78 is 11.2. The van der Waals surface area contributed by atoms with Gasteiger partial charge >= 0.3 is 0 Å². The Morgan fingerprint density at radius 2 is 1.93 bits per heavy atom. The van der Waals surface area contributed by atoms with E-state index in [2.05, 4.69) is 17.1 Å². The summed E-state index contributed by atoms with van der Waals surface area (Å²) in [5, 5.41) is 13.3. The average Bonchev–Trinajstić information content (AvgIpc) is 2.73. The van der Waals surface area contributed by atoms with Crippen LogP contribution < -0.4 is 14.8 Å². The molecule has 0 aliphatic carbocycles. The van der Waals surface area contributed by atoms with Gasteiger partial charge in [0.15, 0.2) is 17.5 Å². The van der Waals surface area contributed by atoms with Gasteiger partial charge in [0.2, 0.25) is 0 Å². The van der Waals surface area contributed by atoms with Crippen molar-refractivity contribution < 1.29 is 14.6 Å². The highest BCUT2D eigenvalue weighted by Gasteiger charge is 2.22. The summed E-state index contributed by atoms with van der Waals surface area (Å²) in [6.07, 6.45) is 2.16. The van der Waals surface area contributed by atoms with E-state index < -0.39 is 0 Å². The highest BCUT2D eigenvalue weighted by atomic mass is 16.5. The molecule has 0 saturated carbocycles. The molecule has 1 heterocycles. The Kier molecular flexibility index (Phi) is 7.00. The van der Waals surface area contributed by atoms with Crippen molar-refractivity contribution in [3.8, 4) is 17.2 Å². The molecule has 28 heavy (non-hydrogen) atoms. The van der Waals surface area contributed by atoms with Crippen molar-refractivity contribution in [2.24, 2.45) is 4.99 Å². The van der Waals surface area contributed by atoms with E-state index in [1.54, 1.807) is 19.2 Å². The molecule has 1 saturated heterocycles. The molecule has 0 unspecified atom stereocenters. The molecule has 0 radical (unpaired) electrons. The highest BCUT2D eigenvalue weighted by molar-refractivity contribution is 5.80. The number of piperidine rings is 1. The van der Waals surface area contributed by atoms with E-state index >= 15 is 0 Å². The monoisotopic (exact) mass is 383 g/mol. The van der Waals surface area contributed by atoms with Crippen LogP contribution in [0.2, 0.25) is 0 Å². The number of hydrogen-bond acceptors (Lipinski definition) is 4. The van der Waals surface area contributed by atoms with Crippen molar-refractivity contribution in [2.75, 3.05) is 26.7 Å². The predicted molar refractivity (Wildman–Crippen MR) is 111 cm³/mol. The zero-order valence-corrected chi connectivity index (χ0v) is 16.6. The number of aliphatic imine (C=N–C) groups is 1. The van der Waals surface area contributed by atoms with E-state index in [-0.39, 0.29) is 11.9 Å². The predicted octanol–water partition coefficient (Wildman–Crippen LogP) is 3.41. The second-order valence-electron chi connectivity index (χ2n) is 6.79. The minimum absolute atomic E-state index is 0.138. The lowest BCUT2D eigenvalue weighted by molar-refractivity contribution is 0.129. The fourth-order valence-corrected chi connectivity index (χ4v) is 3.30. The van der Waals surface area contributed by atoms with Crippen molar-refractivity contribution in [3.05, 3.63) is 54.1 Å². The van der Waals surface area contributed by atoms with Crippen LogP contribution in [-0.2, 0) is 6.54 Å². The Hall–Kier alpha value is -2.89. The zero-order valence-electron chi connectivity index (χ0n) is 16.6. The Morgan fingerprint density at radius 1 is 1.18 bits per heavy atom. The standard InChI is InChI=1S/C22H29N3O3/c1-3-23-22(24-16-17-9-10-21(27-2)20(26)15-17)25-13-11-19(12-14-25)28-18-7-5-4-6-8-18/h4-10,15,19,26H,3,11-14,16H2,1-2H3,(H,23,24). The maximum absolute atomic E-state index is 9.95. The van der Waals surface area contributed by atoms with Crippen LogP contribution in [0.1, 0.15) is 25.3 Å². The third-order valence-electron chi connectivity index (χ3n) is 4.78. The van der Waals surface area contributed by atoms with E-state index in [1.807, 2.05) is 36.4 Å². The maximum atomic E-state index is 9.95. The van der Waals surface area contributed by atoms with Crippen LogP contribution in [0.4, 0.5) is 0 Å². The van der Waals surface area contributed by atoms with Gasteiger partial charge in [0.25, 0.3) is 0 Å². The maximum Gasteiger partial charge on any atom is 0.194 e. The molecule has 0 bridgehead atoms. The number of guanidine groups is 1. The minimum Gasteiger partial charge on any atom is -0.504 e. The molecule has 2 aromatic rings. The molecule has 6 nitrogen and oxygen atoms in total. The van der Waals surface area contributed by atoms with Gasteiger partial charge in [-0.1, -0.05) is 24.3 Å². The van der Waals surface area contributed by atoms with Gasteiger partial charge in [0.1, 0.15) is 11.9 Å². The first-order valence-corrected chi connectivity index (χ1v) is 9.80. The molecule has 1 aliphatic heterocycles. The quantitative estimate of drug-likeness (QED) is 0.591. The van der Waals surface area contributed by atoms with Crippen LogP contribution in [0.5, 0.6) is 17.2 Å². The molecule has 0 atom stereocenters. The summed E-state index contributed by atoms with van der Waals surface area (Å²) in [6.45, 7) is 5.18. The molecular formula is C22H29N3O3. The Balaban J connectivity index is 1.58. The average molecular weight is 383 g/mol. The van der Waals surface area contributed by atoms with Crippen LogP contribution in [0.15, 0.2) is 53.5 Å². The van der Waals surface area contributed by atoms with Crippen molar-refractivity contribution in [1.29, 1.82) is 0 Å². The van der Waals surface area contributed by atoms with Crippen LogP contribution in [0.25, 0.3) is 0 Å². The molecule has 0 aromatic heterocycles. The van der Waals surface area contributed by atoms with Crippen LogP contribution in [0.3, 0.4) is 0 Å². The van der Waals surface area contributed by atoms with Gasteiger partial charge in [-0.15, -0.1) is 0 Å². The summed E-state index contributed by atoms with van der Waals surface area (Å²) in [4.78, 5) is 7.03. The molecular weight excluding hydrogens is 354 g/mol. The van der Waals surface area contributed by atoms with Gasteiger partial charge in [-0.25, -0.2) is 4.99 Å². The van der Waals surface area contributed by atoms with Crippen molar-refractivity contribution in [2.45, 2.75) is 32.4 Å². The third kappa shape index (κ3) is 5.31. The fourth-order valence-electron chi connectivity index (χ4n) is 3.30. The van der Waals surface area contributed by atoms with Gasteiger partial charge in [-0.05, 0) is 36.8 Å². The molecule has 1 aliphatic rings. The number of rotatable bonds is 6. The van der Waals surface area contributed by atoms with Crippen LogP contribution in [-0.4, -0.2) is 48.8 Å². The summed E-state index contributed by atoms with van der Waals surface area (Å²) in [7, 11) is 1.54. The van der Waals surface area contributed by atoms with Gasteiger partial charge < -0.3 is 24.8 Å². The number of benzene rings is 2. The Morgan fingerprint density at radius 3 is 2.57 bits per heavy atom. The number of para-hydroxylation sites is 1. The van der Waals surface area contributed by atoms with E-state index in [4.69, 9.17) is 14.5 Å². The van der Waals surface area contributed by atoms with Crippen LogP contribution in [0, 0.1) is 0 Å². The SMILES string of the molecule is CCNC(=NCc1ccc(OC)c(O)c1)N1CCC(Oc2ccccc2)CC1. The normalized spacial score (nSPS) is 15.4. The van der Waals surface area contributed by atoms with Crippen molar-refractivity contribution >= 4 is 5.96 Å². The number of aromatic hydroxyl groups is 1. The lowest BCUT2D eigenvalue weighted by Crippen LogP contribution is -2.47. The molecule has 1 fully saturated rings. The van der Waals surface area contributed by atoms with Crippen LogP contribution >= 0.6 is 0 Å². The molecule has 3 rings (SSSR count). The van der Waals surface area contributed by atoms with E-state index in [9.17, 15) is 5.11 Å². The summed E-state index contributed by atoms with van der Waals surface area (Å²) in [5.41, 5.74) is 0.941. The first kappa shape index (κ1) is 19.9. The molecule has 6 heteroatoms. The first-order valence-electron chi connectivity index (χ1n) is 9.80. The second kappa shape index (κ2) is 9.88. The van der Waals surface area contributed by atoms with Gasteiger partial charge in [0.05, 0.1) is 13.7 Å². The Bertz CT molecular complexity index is 772. The number of nitrogens with one attached hydrogen (secondary N) is 1. The van der Waals surface area contributed by atoms with E-state index in [0.29, 0.717) is 12.3 Å². The second-order valence-corrected chi connectivity index (χ2v) is 6.79. The molecule has 0 spiro atoms. The number of likely N-dealkylation sites (tertiary alicyclic amines) is 1. The molecule has 0 amide bonds. The van der Waals surface area contributed by atoms with Gasteiger partial charge in [-0.3, -0.25) is 0 Å². The minimum atomic E-state index is 0.138. The first-order chi connectivity index (χ1) is 13.7. The lowest BCUT2D eigenvalue weighted by Gasteiger charge is -2.34. The number of hydrogen-bond donors (Lipinski definition) is 2. The zero-order chi connectivity index (χ0) is 19.8. The summed E-state index contributed by atoms with van der Waals surface area (Å²) in [6, 6.07) is 15.4. The number of phenols is 1. The van der Waals surface area contributed by atoms with Gasteiger partial charge in [0, 0.05) is 32.5 Å². The number of nitrogens with zero attached hydrogens (tertiary/aromatic N) is 2. The molecule has 2 aromatic carbocycles. The van der Waals surface area contributed by atoms with E-state index in [0.717, 1.165) is 49.7 Å². The topological polar surface area (TPSA) is 66.3 Å². The molecule has 150 valence electrons. The fraction of sp³-hybridized carbons (Fsp3) is 0.409. The summed E-state index contributed by atoms with van der Waals surface area (Å²) >= 11 is 0. The number of methoxy groups -OCH3 is 1. The lowest BCUT2D eigenvalue weighted by atomic mass is 10.1.